The molecule has 0 saturated carbocycles. The summed E-state index contributed by atoms with van der Waals surface area (Å²) >= 11 is 0. The Balaban J connectivity index is 2.58. The fraction of sp³-hybridized carbons (Fsp3) is 0.600. The van der Waals surface area contributed by atoms with E-state index in [1.807, 2.05) is 4.90 Å². The Labute approximate surface area is 124 Å². The molecule has 0 atom stereocenters. The van der Waals surface area contributed by atoms with Crippen molar-refractivity contribution < 1.29 is 19.2 Å². The van der Waals surface area contributed by atoms with E-state index in [4.69, 9.17) is 0 Å². The molecule has 0 bridgehead atoms. The second kappa shape index (κ2) is 8.46. The maximum absolute atomic E-state index is 11.6. The van der Waals surface area contributed by atoms with Gasteiger partial charge in [0.15, 0.2) is 0 Å². The Morgan fingerprint density at radius 1 is 0.952 bits per heavy atom. The van der Waals surface area contributed by atoms with Crippen molar-refractivity contribution in [1.82, 2.24) is 9.80 Å². The summed E-state index contributed by atoms with van der Waals surface area (Å²) in [4.78, 5) is 48.9. The van der Waals surface area contributed by atoms with Crippen LogP contribution in [-0.4, -0.2) is 52.9 Å². The number of carbonyl (C=O) groups is 4. The second-order valence-corrected chi connectivity index (χ2v) is 4.98. The smallest absolute Gasteiger partial charge is 0.254 e. The predicted molar refractivity (Wildman–Crippen MR) is 77.3 cm³/mol. The first-order valence-electron chi connectivity index (χ1n) is 7.27. The van der Waals surface area contributed by atoms with Gasteiger partial charge in [0, 0.05) is 50.9 Å². The van der Waals surface area contributed by atoms with E-state index in [2.05, 4.69) is 0 Å². The molecule has 0 aromatic heterocycles. The van der Waals surface area contributed by atoms with Gasteiger partial charge in [-0.3, -0.25) is 29.0 Å². The first-order valence-corrected chi connectivity index (χ1v) is 7.27. The highest BCUT2D eigenvalue weighted by Crippen LogP contribution is 2.07. The number of ketones is 2. The van der Waals surface area contributed by atoms with Gasteiger partial charge >= 0.3 is 0 Å². The topological polar surface area (TPSA) is 74.8 Å². The van der Waals surface area contributed by atoms with Crippen LogP contribution in [0.2, 0.25) is 0 Å². The van der Waals surface area contributed by atoms with Crippen LogP contribution in [-0.2, 0) is 19.2 Å². The fourth-order valence-electron chi connectivity index (χ4n) is 1.94. The minimum atomic E-state index is -0.353. The SMILES string of the molecule is CCC(=O)CCN(CCC(=O)CC)CN1C(=O)C=CC1=O. The third-order valence-electron chi connectivity index (χ3n) is 3.44. The van der Waals surface area contributed by atoms with E-state index in [-0.39, 0.29) is 30.0 Å². The maximum atomic E-state index is 11.6. The molecular weight excluding hydrogens is 272 g/mol. The summed E-state index contributed by atoms with van der Waals surface area (Å²) in [7, 11) is 0. The summed E-state index contributed by atoms with van der Waals surface area (Å²) in [6, 6.07) is 0. The van der Waals surface area contributed by atoms with Crippen LogP contribution in [0.25, 0.3) is 0 Å². The van der Waals surface area contributed by atoms with Crippen LogP contribution in [0.1, 0.15) is 39.5 Å². The molecule has 0 N–H and O–H groups in total. The van der Waals surface area contributed by atoms with Gasteiger partial charge in [-0.2, -0.15) is 0 Å². The molecule has 0 radical (unpaired) electrons. The third-order valence-corrected chi connectivity index (χ3v) is 3.44. The Hall–Kier alpha value is -1.82. The van der Waals surface area contributed by atoms with Crippen molar-refractivity contribution in [2.24, 2.45) is 0 Å². The molecule has 6 nitrogen and oxygen atoms in total. The van der Waals surface area contributed by atoms with Gasteiger partial charge in [-0.15, -0.1) is 0 Å². The highest BCUT2D eigenvalue weighted by molar-refractivity contribution is 6.12. The molecular formula is C15H22N2O4. The van der Waals surface area contributed by atoms with Gasteiger partial charge in [0.1, 0.15) is 11.6 Å². The number of hydrogen-bond acceptors (Lipinski definition) is 5. The Morgan fingerprint density at radius 3 is 1.76 bits per heavy atom. The summed E-state index contributed by atoms with van der Waals surface area (Å²) in [5, 5.41) is 0. The van der Waals surface area contributed by atoms with Gasteiger partial charge in [-0.25, -0.2) is 0 Å². The van der Waals surface area contributed by atoms with E-state index in [1.54, 1.807) is 13.8 Å². The van der Waals surface area contributed by atoms with Crippen LogP contribution >= 0.6 is 0 Å². The zero-order valence-corrected chi connectivity index (χ0v) is 12.6. The lowest BCUT2D eigenvalue weighted by Gasteiger charge is -2.26. The van der Waals surface area contributed by atoms with Gasteiger partial charge < -0.3 is 0 Å². The molecule has 0 saturated heterocycles. The summed E-state index contributed by atoms with van der Waals surface area (Å²) in [6.07, 6.45) is 4.11. The Kier molecular flexibility index (Phi) is 6.94. The normalized spacial score (nSPS) is 14.3. The third kappa shape index (κ3) is 5.59. The van der Waals surface area contributed by atoms with Crippen LogP contribution in [0.5, 0.6) is 0 Å². The lowest BCUT2D eigenvalue weighted by Crippen LogP contribution is -2.42. The van der Waals surface area contributed by atoms with Crippen molar-refractivity contribution in [2.45, 2.75) is 39.5 Å². The van der Waals surface area contributed by atoms with Gasteiger partial charge in [0.05, 0.1) is 6.67 Å². The van der Waals surface area contributed by atoms with Crippen molar-refractivity contribution >= 4 is 23.4 Å². The minimum absolute atomic E-state index is 0.124. The summed E-state index contributed by atoms with van der Waals surface area (Å²) in [5.74, 6) is -0.458. The summed E-state index contributed by atoms with van der Waals surface area (Å²) < 4.78 is 0. The van der Waals surface area contributed by atoms with E-state index in [1.165, 1.54) is 12.2 Å². The van der Waals surface area contributed by atoms with Crippen molar-refractivity contribution in [1.29, 1.82) is 0 Å². The van der Waals surface area contributed by atoms with Gasteiger partial charge in [-0.05, 0) is 0 Å². The summed E-state index contributed by atoms with van der Waals surface area (Å²) in [6.45, 7) is 4.61. The predicted octanol–water partition coefficient (Wildman–Crippen LogP) is 0.909. The second-order valence-electron chi connectivity index (χ2n) is 4.98. The molecule has 116 valence electrons. The molecule has 0 aliphatic carbocycles. The van der Waals surface area contributed by atoms with Crippen LogP contribution in [0.3, 0.4) is 0 Å². The van der Waals surface area contributed by atoms with Crippen molar-refractivity contribution in [3.63, 3.8) is 0 Å². The van der Waals surface area contributed by atoms with Crippen LogP contribution in [0, 0.1) is 0 Å². The van der Waals surface area contributed by atoms with Crippen molar-refractivity contribution in [3.8, 4) is 0 Å². The number of amides is 2. The number of nitrogens with zero attached hydrogens (tertiary/aromatic N) is 2. The first-order chi connectivity index (χ1) is 9.97. The van der Waals surface area contributed by atoms with E-state index in [9.17, 15) is 19.2 Å². The molecule has 2 amide bonds. The van der Waals surface area contributed by atoms with Gasteiger partial charge in [0.25, 0.3) is 11.8 Å². The quantitative estimate of drug-likeness (QED) is 0.560. The minimum Gasteiger partial charge on any atom is -0.300 e. The number of rotatable bonds is 10. The molecule has 1 heterocycles. The molecule has 21 heavy (non-hydrogen) atoms. The first kappa shape index (κ1) is 17.2. The van der Waals surface area contributed by atoms with Gasteiger partial charge in [0.2, 0.25) is 0 Å². The summed E-state index contributed by atoms with van der Waals surface area (Å²) in [5.41, 5.74) is 0. The average Bonchev–Trinajstić information content (AvgIpc) is 2.80. The zero-order valence-electron chi connectivity index (χ0n) is 12.6. The number of carbonyl (C=O) groups excluding carboxylic acids is 4. The molecule has 0 aromatic rings. The van der Waals surface area contributed by atoms with Crippen molar-refractivity contribution in [2.75, 3.05) is 19.8 Å². The van der Waals surface area contributed by atoms with Crippen LogP contribution in [0.15, 0.2) is 12.2 Å². The van der Waals surface area contributed by atoms with E-state index in [0.29, 0.717) is 38.8 Å². The van der Waals surface area contributed by atoms with Gasteiger partial charge in [-0.1, -0.05) is 13.8 Å². The molecule has 1 rings (SSSR count). The monoisotopic (exact) mass is 294 g/mol. The number of Topliss-reactive ketones (excluding diaryl/α,β-unsaturated/α-hetero) is 2. The standard InChI is InChI=1S/C15H22N2O4/c1-3-12(18)7-9-16(10-8-13(19)4-2)11-17-14(20)5-6-15(17)21/h5-6H,3-4,7-11H2,1-2H3. The Morgan fingerprint density at radius 2 is 1.38 bits per heavy atom. The van der Waals surface area contributed by atoms with E-state index in [0.717, 1.165) is 4.90 Å². The lowest BCUT2D eigenvalue weighted by atomic mass is 10.2. The van der Waals surface area contributed by atoms with Crippen molar-refractivity contribution in [3.05, 3.63) is 12.2 Å². The number of hydrogen-bond donors (Lipinski definition) is 0. The van der Waals surface area contributed by atoms with E-state index >= 15 is 0 Å². The average molecular weight is 294 g/mol. The molecule has 0 aromatic carbocycles. The number of imide groups is 1. The molecule has 1 aliphatic rings. The maximum Gasteiger partial charge on any atom is 0.254 e. The lowest BCUT2D eigenvalue weighted by molar-refractivity contribution is -0.139. The zero-order chi connectivity index (χ0) is 15.8. The van der Waals surface area contributed by atoms with Crippen LogP contribution < -0.4 is 0 Å². The largest absolute Gasteiger partial charge is 0.300 e. The fourth-order valence-corrected chi connectivity index (χ4v) is 1.94. The van der Waals surface area contributed by atoms with Crippen LogP contribution in [0.4, 0.5) is 0 Å². The molecule has 0 fully saturated rings. The molecule has 0 unspecified atom stereocenters. The highest BCUT2D eigenvalue weighted by Gasteiger charge is 2.25. The highest BCUT2D eigenvalue weighted by atomic mass is 16.2. The Bertz CT molecular complexity index is 419. The van der Waals surface area contributed by atoms with E-state index < -0.39 is 0 Å². The molecule has 0 spiro atoms. The molecule has 6 heteroatoms. The molecule has 1 aliphatic heterocycles.